The third-order valence-electron chi connectivity index (χ3n) is 9.64. The van der Waals surface area contributed by atoms with Crippen LogP contribution in [0.3, 0.4) is 0 Å². The fourth-order valence-corrected chi connectivity index (χ4v) is 7.71. The molecule has 0 bridgehead atoms. The minimum Gasteiger partial charge on any atom is -0.309 e. The SMILES string of the molecule is c1ccc(-n2c3ccncc3c3c4ccccc4c(-c4ccc(-c5ccc6c7c(cccc57)-c5ccccc5-6)cc4)cc32)cc1. The van der Waals surface area contributed by atoms with Gasteiger partial charge in [0.05, 0.1) is 11.0 Å². The van der Waals surface area contributed by atoms with E-state index in [1.54, 1.807) is 0 Å². The van der Waals surface area contributed by atoms with Crippen molar-refractivity contribution in [2.75, 3.05) is 0 Å². The van der Waals surface area contributed by atoms with Gasteiger partial charge in [-0.25, -0.2) is 0 Å². The van der Waals surface area contributed by atoms with Gasteiger partial charge < -0.3 is 4.57 Å². The molecule has 0 aliphatic heterocycles. The molecule has 208 valence electrons. The topological polar surface area (TPSA) is 17.8 Å². The monoisotopic (exact) mass is 570 g/mol. The number of benzene rings is 7. The van der Waals surface area contributed by atoms with Gasteiger partial charge in [-0.15, -0.1) is 0 Å². The first kappa shape index (κ1) is 24.5. The molecule has 0 spiro atoms. The fourth-order valence-electron chi connectivity index (χ4n) is 7.71. The Kier molecular flexibility index (Phi) is 5.03. The minimum absolute atomic E-state index is 1.15. The summed E-state index contributed by atoms with van der Waals surface area (Å²) >= 11 is 0. The van der Waals surface area contributed by atoms with E-state index in [9.17, 15) is 0 Å². The van der Waals surface area contributed by atoms with Gasteiger partial charge in [-0.2, -0.15) is 0 Å². The molecule has 2 nitrogen and oxygen atoms in total. The Morgan fingerprint density at radius 3 is 1.80 bits per heavy atom. The van der Waals surface area contributed by atoms with Gasteiger partial charge in [-0.3, -0.25) is 4.98 Å². The Balaban J connectivity index is 1.18. The zero-order valence-corrected chi connectivity index (χ0v) is 24.4. The molecule has 7 aromatic carbocycles. The van der Waals surface area contributed by atoms with Gasteiger partial charge >= 0.3 is 0 Å². The van der Waals surface area contributed by atoms with Crippen LogP contribution in [0.1, 0.15) is 0 Å². The number of fused-ring (bicyclic) bond motifs is 8. The van der Waals surface area contributed by atoms with Gasteiger partial charge in [0.15, 0.2) is 0 Å². The predicted molar refractivity (Wildman–Crippen MR) is 189 cm³/mol. The molecule has 10 rings (SSSR count). The lowest BCUT2D eigenvalue weighted by Gasteiger charge is -2.13. The Morgan fingerprint density at radius 2 is 1.00 bits per heavy atom. The van der Waals surface area contributed by atoms with Gasteiger partial charge in [-0.1, -0.05) is 121 Å². The van der Waals surface area contributed by atoms with Gasteiger partial charge in [-0.05, 0) is 90.3 Å². The molecule has 0 atom stereocenters. The van der Waals surface area contributed by atoms with Crippen molar-refractivity contribution in [1.82, 2.24) is 9.55 Å². The molecule has 0 fully saturated rings. The Labute approximate surface area is 260 Å². The molecule has 45 heavy (non-hydrogen) atoms. The molecular weight excluding hydrogens is 544 g/mol. The van der Waals surface area contributed by atoms with E-state index in [0.29, 0.717) is 0 Å². The summed E-state index contributed by atoms with van der Waals surface area (Å²) in [5.74, 6) is 0. The molecule has 1 aliphatic rings. The van der Waals surface area contributed by atoms with Crippen LogP contribution in [0.2, 0.25) is 0 Å². The van der Waals surface area contributed by atoms with E-state index in [2.05, 4.69) is 155 Å². The molecular formula is C43H26N2. The van der Waals surface area contributed by atoms with Crippen LogP contribution in [-0.4, -0.2) is 9.55 Å². The molecule has 0 unspecified atom stereocenters. The lowest BCUT2D eigenvalue weighted by Crippen LogP contribution is -1.94. The summed E-state index contributed by atoms with van der Waals surface area (Å²) < 4.78 is 2.38. The number of rotatable bonds is 3. The molecule has 0 N–H and O–H groups in total. The van der Waals surface area contributed by atoms with Crippen molar-refractivity contribution in [1.29, 1.82) is 0 Å². The summed E-state index contributed by atoms with van der Waals surface area (Å²) in [6, 6.07) is 53.2. The standard InChI is InChI=1S/C43H26N2/c1-2-9-29(10-3-1)45-40-23-24-44-26-39(40)43-36-14-7-6-13-33(36)38(25-41(43)45)28-19-17-27(18-20-28)30-21-22-37-32-12-5-4-11-31(32)35-16-8-15-34(30)42(35)37/h1-26H. The fraction of sp³-hybridized carbons (Fsp3) is 0. The van der Waals surface area contributed by atoms with E-state index in [1.165, 1.54) is 82.3 Å². The quantitative estimate of drug-likeness (QED) is 0.207. The van der Waals surface area contributed by atoms with Crippen molar-refractivity contribution in [3.8, 4) is 50.2 Å². The van der Waals surface area contributed by atoms with Crippen LogP contribution in [0.5, 0.6) is 0 Å². The van der Waals surface area contributed by atoms with E-state index in [1.807, 2.05) is 12.4 Å². The summed E-state index contributed by atoms with van der Waals surface area (Å²) in [5, 5.41) is 7.57. The highest BCUT2D eigenvalue weighted by atomic mass is 15.0. The second kappa shape index (κ2) is 9.25. The first-order chi connectivity index (χ1) is 22.3. The number of nitrogens with zero attached hydrogens (tertiary/aromatic N) is 2. The first-order valence-electron chi connectivity index (χ1n) is 15.5. The van der Waals surface area contributed by atoms with Crippen molar-refractivity contribution in [2.24, 2.45) is 0 Å². The zero-order chi connectivity index (χ0) is 29.5. The lowest BCUT2D eigenvalue weighted by molar-refractivity contribution is 1.18. The molecule has 0 radical (unpaired) electrons. The number of para-hydroxylation sites is 1. The summed E-state index contributed by atoms with van der Waals surface area (Å²) in [4.78, 5) is 4.53. The van der Waals surface area contributed by atoms with Crippen molar-refractivity contribution < 1.29 is 0 Å². The van der Waals surface area contributed by atoms with Crippen LogP contribution in [0, 0.1) is 0 Å². The van der Waals surface area contributed by atoms with E-state index in [0.717, 1.165) is 11.2 Å². The number of aromatic nitrogens is 2. The minimum atomic E-state index is 1.15. The summed E-state index contributed by atoms with van der Waals surface area (Å²) in [7, 11) is 0. The van der Waals surface area contributed by atoms with Crippen molar-refractivity contribution in [3.63, 3.8) is 0 Å². The number of hydrogen-bond acceptors (Lipinski definition) is 1. The zero-order valence-electron chi connectivity index (χ0n) is 24.4. The maximum Gasteiger partial charge on any atom is 0.0572 e. The predicted octanol–water partition coefficient (Wildman–Crippen LogP) is 11.5. The van der Waals surface area contributed by atoms with E-state index < -0.39 is 0 Å². The van der Waals surface area contributed by atoms with Gasteiger partial charge in [0, 0.05) is 28.9 Å². The molecule has 0 saturated carbocycles. The lowest BCUT2D eigenvalue weighted by atomic mass is 9.91. The van der Waals surface area contributed by atoms with Gasteiger partial charge in [0.2, 0.25) is 0 Å². The van der Waals surface area contributed by atoms with E-state index in [4.69, 9.17) is 0 Å². The summed E-state index contributed by atoms with van der Waals surface area (Å²) in [6.45, 7) is 0. The van der Waals surface area contributed by atoms with Crippen LogP contribution in [0.15, 0.2) is 158 Å². The number of pyridine rings is 1. The summed E-state index contributed by atoms with van der Waals surface area (Å²) in [5.41, 5.74) is 13.8. The molecule has 0 amide bonds. The van der Waals surface area contributed by atoms with E-state index in [-0.39, 0.29) is 0 Å². The highest BCUT2D eigenvalue weighted by Gasteiger charge is 2.22. The maximum absolute atomic E-state index is 4.53. The number of hydrogen-bond donors (Lipinski definition) is 0. The Morgan fingerprint density at radius 1 is 0.378 bits per heavy atom. The average Bonchev–Trinajstić information content (AvgIpc) is 3.63. The van der Waals surface area contributed by atoms with E-state index >= 15 is 0 Å². The van der Waals surface area contributed by atoms with Crippen molar-refractivity contribution in [3.05, 3.63) is 158 Å². The molecule has 0 saturated heterocycles. The molecule has 1 aliphatic carbocycles. The smallest absolute Gasteiger partial charge is 0.0572 e. The first-order valence-corrected chi connectivity index (χ1v) is 15.5. The molecule has 2 heterocycles. The van der Waals surface area contributed by atoms with Crippen LogP contribution in [-0.2, 0) is 0 Å². The Bertz CT molecular complexity index is 2600. The van der Waals surface area contributed by atoms with Crippen LogP contribution in [0.25, 0.3) is 93.5 Å². The van der Waals surface area contributed by atoms with Crippen LogP contribution >= 0.6 is 0 Å². The van der Waals surface area contributed by atoms with Crippen molar-refractivity contribution in [2.45, 2.75) is 0 Å². The third-order valence-corrected chi connectivity index (χ3v) is 9.64. The summed E-state index contributed by atoms with van der Waals surface area (Å²) in [6.07, 6.45) is 3.90. The molecule has 2 heteroatoms. The Hall–Kier alpha value is -5.99. The van der Waals surface area contributed by atoms with Crippen LogP contribution < -0.4 is 0 Å². The van der Waals surface area contributed by atoms with Gasteiger partial charge in [0.25, 0.3) is 0 Å². The average molecular weight is 571 g/mol. The normalized spacial score (nSPS) is 12.0. The third kappa shape index (κ3) is 3.42. The second-order valence-corrected chi connectivity index (χ2v) is 11.9. The van der Waals surface area contributed by atoms with Gasteiger partial charge in [0.1, 0.15) is 0 Å². The largest absolute Gasteiger partial charge is 0.309 e. The van der Waals surface area contributed by atoms with Crippen molar-refractivity contribution >= 4 is 43.4 Å². The molecule has 9 aromatic rings. The van der Waals surface area contributed by atoms with Crippen LogP contribution in [0.4, 0.5) is 0 Å². The second-order valence-electron chi connectivity index (χ2n) is 11.9. The molecule has 2 aromatic heterocycles. The highest BCUT2D eigenvalue weighted by molar-refractivity contribution is 6.24. The maximum atomic E-state index is 4.53. The highest BCUT2D eigenvalue weighted by Crippen LogP contribution is 2.49.